The van der Waals surface area contributed by atoms with Crippen LogP contribution in [0.3, 0.4) is 0 Å². The number of rotatable bonds is 3. The molecule has 218 valence electrons. The molecule has 0 radical (unpaired) electrons. The van der Waals surface area contributed by atoms with E-state index in [9.17, 15) is 0 Å². The molecule has 6 rings (SSSR count). The van der Waals surface area contributed by atoms with Gasteiger partial charge >= 0.3 is 0 Å². The van der Waals surface area contributed by atoms with Crippen molar-refractivity contribution in [3.8, 4) is 33.4 Å². The lowest BCUT2D eigenvalue weighted by Gasteiger charge is -2.06. The summed E-state index contributed by atoms with van der Waals surface area (Å²) in [6.45, 7) is 12.6. The molecule has 0 heteroatoms. The van der Waals surface area contributed by atoms with Gasteiger partial charge in [-0.2, -0.15) is 0 Å². The average Bonchev–Trinajstić information content (AvgIpc) is 3.01. The molecule has 0 atom stereocenters. The quantitative estimate of drug-likeness (QED) is 0.201. The van der Waals surface area contributed by atoms with Gasteiger partial charge in [0.2, 0.25) is 0 Å². The molecule has 0 spiro atoms. The van der Waals surface area contributed by atoms with E-state index in [1.54, 1.807) is 0 Å². The smallest absolute Gasteiger partial charge is 0.0184 e. The van der Waals surface area contributed by atoms with Crippen molar-refractivity contribution in [2.45, 2.75) is 49.0 Å². The first-order chi connectivity index (χ1) is 20.3. The average molecular weight is 563 g/mol. The van der Waals surface area contributed by atoms with Crippen molar-refractivity contribution in [1.29, 1.82) is 0 Å². The molecule has 43 heavy (non-hydrogen) atoms. The molecule has 0 nitrogen and oxygen atoms in total. The molecule has 0 saturated carbocycles. The maximum Gasteiger partial charge on any atom is -0.0184 e. The Kier molecular flexibility index (Phi) is 12.3. The zero-order valence-electron chi connectivity index (χ0n) is 25.9. The Morgan fingerprint density at radius 2 is 0.279 bits per heavy atom. The van der Waals surface area contributed by atoms with Crippen LogP contribution in [0.25, 0.3) is 33.4 Å². The predicted molar refractivity (Wildman–Crippen MR) is 191 cm³/mol. The van der Waals surface area contributed by atoms with Gasteiger partial charge in [0.25, 0.3) is 0 Å². The van der Waals surface area contributed by atoms with Crippen LogP contribution in [0.1, 0.15) is 40.8 Å². The van der Waals surface area contributed by atoms with Gasteiger partial charge in [0.15, 0.2) is 0 Å². The highest BCUT2D eigenvalue weighted by molar-refractivity contribution is 5.70. The van der Waals surface area contributed by atoms with E-state index < -0.39 is 0 Å². The Bertz CT molecular complexity index is 1510. The highest BCUT2D eigenvalue weighted by atomic mass is 14.1. The standard InChI is InChI=1S/C20H18.C14H14.C8H10.CH4/c1-15-3-7-17(8-4-15)19-11-13-20(14-12-19)18-9-5-16(2)6-10-18;1-11-3-7-13(8-4-11)14-9-5-12(2)6-10-14;1-7-3-5-8(2)6-4-7;/h3-14H,1-2H3;3-10H,1-2H3;3-6H,1-2H3;1H4. The summed E-state index contributed by atoms with van der Waals surface area (Å²) in [6.07, 6.45) is 0. The van der Waals surface area contributed by atoms with Crippen LogP contribution in [0.2, 0.25) is 0 Å². The summed E-state index contributed by atoms with van der Waals surface area (Å²) in [4.78, 5) is 0. The van der Waals surface area contributed by atoms with Gasteiger partial charge < -0.3 is 0 Å². The lowest BCUT2D eigenvalue weighted by molar-refractivity contribution is 1.40. The minimum atomic E-state index is 0. The third kappa shape index (κ3) is 10.3. The Balaban J connectivity index is 0.000000192. The van der Waals surface area contributed by atoms with Crippen molar-refractivity contribution < 1.29 is 0 Å². The first kappa shape index (κ1) is 32.8. The molecule has 0 amide bonds. The maximum atomic E-state index is 2.19. The molecule has 0 aliphatic heterocycles. The van der Waals surface area contributed by atoms with Crippen molar-refractivity contribution in [2.75, 3.05) is 0 Å². The van der Waals surface area contributed by atoms with Crippen LogP contribution in [0.4, 0.5) is 0 Å². The van der Waals surface area contributed by atoms with E-state index in [2.05, 4.69) is 187 Å². The number of aryl methyl sites for hydroxylation is 6. The van der Waals surface area contributed by atoms with Crippen molar-refractivity contribution >= 4 is 0 Å². The molecule has 0 fully saturated rings. The van der Waals surface area contributed by atoms with Gasteiger partial charge in [0.05, 0.1) is 0 Å². The Labute approximate surface area is 260 Å². The highest BCUT2D eigenvalue weighted by Gasteiger charge is 2.00. The fourth-order valence-corrected chi connectivity index (χ4v) is 4.48. The van der Waals surface area contributed by atoms with E-state index in [1.165, 1.54) is 66.8 Å². The molecule has 6 aromatic rings. The minimum absolute atomic E-state index is 0. The zero-order chi connectivity index (χ0) is 29.9. The summed E-state index contributed by atoms with van der Waals surface area (Å²) < 4.78 is 0. The molecule has 0 saturated heterocycles. The summed E-state index contributed by atoms with van der Waals surface area (Å²) in [5, 5.41) is 0. The molecule has 0 unspecified atom stereocenters. The van der Waals surface area contributed by atoms with Gasteiger partial charge in [-0.3, -0.25) is 0 Å². The lowest BCUT2D eigenvalue weighted by atomic mass is 9.99. The van der Waals surface area contributed by atoms with Crippen LogP contribution in [0.15, 0.2) is 146 Å². The molecule has 0 aliphatic rings. The van der Waals surface area contributed by atoms with E-state index in [4.69, 9.17) is 0 Å². The van der Waals surface area contributed by atoms with Crippen LogP contribution in [-0.4, -0.2) is 0 Å². The van der Waals surface area contributed by atoms with Crippen LogP contribution < -0.4 is 0 Å². The summed E-state index contributed by atoms with van der Waals surface area (Å²) in [7, 11) is 0. The van der Waals surface area contributed by atoms with Crippen molar-refractivity contribution in [1.82, 2.24) is 0 Å². The van der Waals surface area contributed by atoms with Crippen molar-refractivity contribution in [2.24, 2.45) is 0 Å². The topological polar surface area (TPSA) is 0 Å². The van der Waals surface area contributed by atoms with Gasteiger partial charge in [0.1, 0.15) is 0 Å². The van der Waals surface area contributed by atoms with E-state index in [-0.39, 0.29) is 7.43 Å². The summed E-state index contributed by atoms with van der Waals surface area (Å²) in [5.74, 6) is 0. The third-order valence-corrected chi connectivity index (χ3v) is 7.31. The molecule has 6 aromatic carbocycles. The predicted octanol–water partition coefficient (Wildman–Crippen LogP) is 12.5. The van der Waals surface area contributed by atoms with E-state index in [0.717, 1.165) is 0 Å². The Morgan fingerprint density at radius 3 is 0.419 bits per heavy atom. The van der Waals surface area contributed by atoms with E-state index in [0.29, 0.717) is 0 Å². The molecule has 0 aromatic heterocycles. The van der Waals surface area contributed by atoms with Crippen LogP contribution in [-0.2, 0) is 0 Å². The number of hydrogen-bond acceptors (Lipinski definition) is 0. The van der Waals surface area contributed by atoms with Crippen molar-refractivity contribution in [3.63, 3.8) is 0 Å². The normalized spacial score (nSPS) is 9.91. The second kappa shape index (κ2) is 16.1. The first-order valence-electron chi connectivity index (χ1n) is 14.7. The second-order valence-corrected chi connectivity index (χ2v) is 11.2. The van der Waals surface area contributed by atoms with E-state index in [1.807, 2.05) is 0 Å². The number of benzene rings is 6. The Hall–Kier alpha value is -4.68. The summed E-state index contributed by atoms with van der Waals surface area (Å²) >= 11 is 0. The summed E-state index contributed by atoms with van der Waals surface area (Å²) in [6, 6.07) is 51.8. The monoisotopic (exact) mass is 562 g/mol. The molecular weight excluding hydrogens is 516 g/mol. The SMILES string of the molecule is C.Cc1ccc(-c2ccc(-c3ccc(C)cc3)cc2)cc1.Cc1ccc(-c2ccc(C)cc2)cc1.Cc1ccc(C)cc1. The second-order valence-electron chi connectivity index (χ2n) is 11.2. The van der Waals surface area contributed by atoms with Gasteiger partial charge in [-0.05, 0) is 74.9 Å². The van der Waals surface area contributed by atoms with Crippen LogP contribution in [0, 0.1) is 41.5 Å². The Morgan fingerprint density at radius 1 is 0.186 bits per heavy atom. The number of hydrogen-bond donors (Lipinski definition) is 0. The molecule has 0 bridgehead atoms. The van der Waals surface area contributed by atoms with Gasteiger partial charge in [0, 0.05) is 0 Å². The van der Waals surface area contributed by atoms with Gasteiger partial charge in [-0.15, -0.1) is 0 Å². The highest BCUT2D eigenvalue weighted by Crippen LogP contribution is 2.25. The fraction of sp³-hybridized carbons (Fsp3) is 0.163. The molecule has 0 heterocycles. The molecule has 0 N–H and O–H groups in total. The van der Waals surface area contributed by atoms with Crippen molar-refractivity contribution in [3.05, 3.63) is 179 Å². The maximum absolute atomic E-state index is 2.19. The summed E-state index contributed by atoms with van der Waals surface area (Å²) in [5.41, 5.74) is 15.5. The van der Waals surface area contributed by atoms with Gasteiger partial charge in [-0.25, -0.2) is 0 Å². The molecule has 0 aliphatic carbocycles. The first-order valence-corrected chi connectivity index (χ1v) is 14.7. The lowest BCUT2D eigenvalue weighted by Crippen LogP contribution is -1.81. The van der Waals surface area contributed by atoms with E-state index >= 15 is 0 Å². The third-order valence-electron chi connectivity index (χ3n) is 7.31. The minimum Gasteiger partial charge on any atom is -0.0776 e. The largest absolute Gasteiger partial charge is 0.0776 e. The zero-order valence-corrected chi connectivity index (χ0v) is 25.9. The van der Waals surface area contributed by atoms with Crippen LogP contribution >= 0.6 is 0 Å². The van der Waals surface area contributed by atoms with Crippen LogP contribution in [0.5, 0.6) is 0 Å². The molecular formula is C43H46. The van der Waals surface area contributed by atoms with Gasteiger partial charge in [-0.1, -0.05) is 186 Å². The fourth-order valence-electron chi connectivity index (χ4n) is 4.48.